The van der Waals surface area contributed by atoms with Gasteiger partial charge in [-0.3, -0.25) is 0 Å². The van der Waals surface area contributed by atoms with Crippen LogP contribution in [-0.4, -0.2) is 55.5 Å². The van der Waals surface area contributed by atoms with Crippen LogP contribution < -0.4 is 9.47 Å². The van der Waals surface area contributed by atoms with E-state index in [9.17, 15) is 8.42 Å². The van der Waals surface area contributed by atoms with E-state index in [0.29, 0.717) is 36.4 Å². The molecule has 4 rings (SSSR count). The molecule has 1 fully saturated rings. The smallest absolute Gasteiger partial charge is 0.276 e. The van der Waals surface area contributed by atoms with Crippen molar-refractivity contribution in [3.05, 3.63) is 48.5 Å². The fraction of sp³-hybridized carbons (Fsp3) is 0.391. The van der Waals surface area contributed by atoms with Gasteiger partial charge in [0.1, 0.15) is 11.5 Å². The number of rotatable bonds is 10. The first kappa shape index (κ1) is 23.6. The number of piperidine rings is 1. The summed E-state index contributed by atoms with van der Waals surface area (Å²) in [7, 11) is -1.89. The van der Waals surface area contributed by atoms with E-state index in [-0.39, 0.29) is 4.90 Å². The third-order valence-electron chi connectivity index (χ3n) is 5.28. The molecule has 0 amide bonds. The van der Waals surface area contributed by atoms with Gasteiger partial charge in [-0.25, -0.2) is 8.42 Å². The van der Waals surface area contributed by atoms with Crippen LogP contribution in [0.5, 0.6) is 11.5 Å². The summed E-state index contributed by atoms with van der Waals surface area (Å²) in [5.41, 5.74) is 0.593. The van der Waals surface area contributed by atoms with Crippen LogP contribution in [0.1, 0.15) is 25.7 Å². The summed E-state index contributed by atoms with van der Waals surface area (Å²) >= 11 is 1.44. The summed E-state index contributed by atoms with van der Waals surface area (Å²) in [6, 6.07) is 14.2. The first-order valence-corrected chi connectivity index (χ1v) is 13.3. The van der Waals surface area contributed by atoms with Gasteiger partial charge in [0, 0.05) is 24.4 Å². The molecule has 0 N–H and O–H groups in total. The molecule has 3 aromatic rings. The zero-order valence-corrected chi connectivity index (χ0v) is 20.1. The Kier molecular flexibility index (Phi) is 7.89. The minimum absolute atomic E-state index is 0.255. The summed E-state index contributed by atoms with van der Waals surface area (Å²) in [5, 5.41) is 8.62. The molecule has 2 heterocycles. The second kappa shape index (κ2) is 11.0. The van der Waals surface area contributed by atoms with Crippen molar-refractivity contribution in [2.45, 2.75) is 35.8 Å². The summed E-state index contributed by atoms with van der Waals surface area (Å²) in [6.07, 6.45) is 3.67. The highest BCUT2D eigenvalue weighted by atomic mass is 32.2. The van der Waals surface area contributed by atoms with Crippen molar-refractivity contribution < 1.29 is 22.3 Å². The van der Waals surface area contributed by atoms with E-state index in [1.54, 1.807) is 35.7 Å². The summed E-state index contributed by atoms with van der Waals surface area (Å²) in [4.78, 5) is 0.255. The zero-order valence-electron chi connectivity index (χ0n) is 18.5. The summed E-state index contributed by atoms with van der Waals surface area (Å²) in [6.45, 7) is 1.70. The van der Waals surface area contributed by atoms with Crippen LogP contribution in [0.3, 0.4) is 0 Å². The van der Waals surface area contributed by atoms with Crippen LogP contribution in [0.25, 0.3) is 11.5 Å². The van der Waals surface area contributed by atoms with E-state index in [0.717, 1.165) is 42.9 Å². The third-order valence-corrected chi connectivity index (χ3v) is 8.08. The second-order valence-electron chi connectivity index (χ2n) is 7.59. The highest BCUT2D eigenvalue weighted by Crippen LogP contribution is 2.27. The predicted octanol–water partition coefficient (Wildman–Crippen LogP) is 4.48. The molecule has 2 aromatic carbocycles. The van der Waals surface area contributed by atoms with E-state index in [1.807, 2.05) is 24.3 Å². The Morgan fingerprint density at radius 2 is 1.79 bits per heavy atom. The number of methoxy groups -OCH3 is 1. The van der Waals surface area contributed by atoms with E-state index in [2.05, 4.69) is 10.2 Å². The molecule has 33 heavy (non-hydrogen) atoms. The number of aromatic nitrogens is 2. The molecule has 1 saturated heterocycles. The lowest BCUT2D eigenvalue weighted by molar-refractivity contribution is 0.317. The number of thioether (sulfide) groups is 1. The first-order chi connectivity index (χ1) is 16.1. The molecule has 0 saturated carbocycles. The number of benzene rings is 2. The lowest BCUT2D eigenvalue weighted by Gasteiger charge is -2.25. The Bertz CT molecular complexity index is 1140. The Morgan fingerprint density at radius 3 is 2.55 bits per heavy atom. The van der Waals surface area contributed by atoms with Crippen LogP contribution in [0.4, 0.5) is 0 Å². The molecular weight excluding hydrogens is 462 g/mol. The molecule has 1 aliphatic heterocycles. The average molecular weight is 490 g/mol. The molecule has 1 aliphatic rings. The summed E-state index contributed by atoms with van der Waals surface area (Å²) < 4.78 is 44.1. The van der Waals surface area contributed by atoms with Crippen molar-refractivity contribution in [3.8, 4) is 23.0 Å². The van der Waals surface area contributed by atoms with Gasteiger partial charge in [-0.2, -0.15) is 4.31 Å². The summed E-state index contributed by atoms with van der Waals surface area (Å²) in [5.74, 6) is 2.64. The maximum Gasteiger partial charge on any atom is 0.276 e. The Balaban J connectivity index is 1.30. The van der Waals surface area contributed by atoms with E-state index >= 15 is 0 Å². The van der Waals surface area contributed by atoms with Crippen molar-refractivity contribution in [1.82, 2.24) is 14.5 Å². The maximum atomic E-state index is 13.0. The SMILES string of the molecule is COc1ccc(OCCCSc2nnc(-c3cccc(S(=O)(=O)N4CCCCC4)c3)o2)cc1. The standard InChI is InChI=1S/C23H27N3O5S2/c1-29-19-9-11-20(12-10-19)30-15-6-16-32-23-25-24-22(31-23)18-7-5-8-21(17-18)33(27,28)26-13-3-2-4-14-26/h5,7-12,17H,2-4,6,13-16H2,1H3. The van der Waals surface area contributed by atoms with E-state index in [1.165, 1.54) is 11.8 Å². The second-order valence-corrected chi connectivity index (χ2v) is 10.6. The number of sulfonamides is 1. The molecule has 10 heteroatoms. The molecule has 0 aliphatic carbocycles. The monoisotopic (exact) mass is 489 g/mol. The van der Waals surface area contributed by atoms with E-state index in [4.69, 9.17) is 13.9 Å². The zero-order chi connectivity index (χ0) is 23.1. The molecule has 0 unspecified atom stereocenters. The quantitative estimate of drug-likeness (QED) is 0.304. The van der Waals surface area contributed by atoms with Crippen molar-refractivity contribution in [3.63, 3.8) is 0 Å². The topological polar surface area (TPSA) is 94.8 Å². The Labute approximate surface area is 198 Å². The molecule has 1 aromatic heterocycles. The molecule has 0 atom stereocenters. The van der Waals surface area contributed by atoms with Gasteiger partial charge in [-0.1, -0.05) is 24.2 Å². The van der Waals surface area contributed by atoms with Crippen LogP contribution >= 0.6 is 11.8 Å². The maximum absolute atomic E-state index is 13.0. The van der Waals surface area contributed by atoms with Gasteiger partial charge in [-0.15, -0.1) is 10.2 Å². The third kappa shape index (κ3) is 6.07. The lowest BCUT2D eigenvalue weighted by Crippen LogP contribution is -2.35. The largest absolute Gasteiger partial charge is 0.497 e. The minimum atomic E-state index is -3.52. The molecule has 176 valence electrons. The fourth-order valence-electron chi connectivity index (χ4n) is 3.51. The first-order valence-electron chi connectivity index (χ1n) is 10.9. The van der Waals surface area contributed by atoms with Gasteiger partial charge in [0.05, 0.1) is 18.6 Å². The van der Waals surface area contributed by atoms with Crippen molar-refractivity contribution in [2.75, 3.05) is 32.6 Å². The normalized spacial score (nSPS) is 14.8. The number of hydrogen-bond acceptors (Lipinski definition) is 8. The van der Waals surface area contributed by atoms with Gasteiger partial charge in [-0.05, 0) is 61.7 Å². The average Bonchev–Trinajstić information content (AvgIpc) is 3.34. The van der Waals surface area contributed by atoms with Gasteiger partial charge in [0.15, 0.2) is 0 Å². The van der Waals surface area contributed by atoms with Crippen molar-refractivity contribution in [2.24, 2.45) is 0 Å². The van der Waals surface area contributed by atoms with Crippen molar-refractivity contribution in [1.29, 1.82) is 0 Å². The van der Waals surface area contributed by atoms with Crippen LogP contribution in [0, 0.1) is 0 Å². The van der Waals surface area contributed by atoms with Gasteiger partial charge in [0.25, 0.3) is 5.22 Å². The fourth-order valence-corrected chi connectivity index (χ4v) is 5.75. The van der Waals surface area contributed by atoms with Crippen LogP contribution in [0.2, 0.25) is 0 Å². The number of nitrogens with zero attached hydrogens (tertiary/aromatic N) is 3. The van der Waals surface area contributed by atoms with Crippen LogP contribution in [-0.2, 0) is 10.0 Å². The molecule has 0 spiro atoms. The molecular formula is C23H27N3O5S2. The highest BCUT2D eigenvalue weighted by Gasteiger charge is 2.26. The Hall–Kier alpha value is -2.56. The van der Waals surface area contributed by atoms with Crippen molar-refractivity contribution >= 4 is 21.8 Å². The minimum Gasteiger partial charge on any atom is -0.497 e. The number of ether oxygens (including phenoxy) is 2. The van der Waals surface area contributed by atoms with E-state index < -0.39 is 10.0 Å². The molecule has 0 radical (unpaired) electrons. The lowest BCUT2D eigenvalue weighted by atomic mass is 10.2. The van der Waals surface area contributed by atoms with Gasteiger partial charge >= 0.3 is 0 Å². The highest BCUT2D eigenvalue weighted by molar-refractivity contribution is 7.99. The van der Waals surface area contributed by atoms with Crippen LogP contribution in [0.15, 0.2) is 63.1 Å². The molecule has 8 nitrogen and oxygen atoms in total. The van der Waals surface area contributed by atoms with Gasteiger partial charge < -0.3 is 13.9 Å². The Morgan fingerprint density at radius 1 is 1.03 bits per heavy atom. The van der Waals surface area contributed by atoms with Gasteiger partial charge in [0.2, 0.25) is 15.9 Å². The predicted molar refractivity (Wildman–Crippen MR) is 126 cm³/mol. The number of hydrogen-bond donors (Lipinski definition) is 0. The molecule has 0 bridgehead atoms.